The third-order valence-electron chi connectivity index (χ3n) is 3.92. The van der Waals surface area contributed by atoms with Crippen LogP contribution in [0.15, 0.2) is 59.5 Å². The number of hydrogen-bond donors (Lipinski definition) is 1. The van der Waals surface area contributed by atoms with Crippen molar-refractivity contribution in [3.63, 3.8) is 0 Å². The summed E-state index contributed by atoms with van der Waals surface area (Å²) in [6, 6.07) is 15.0. The molecule has 0 saturated heterocycles. The first kappa shape index (κ1) is 20.1. The van der Waals surface area contributed by atoms with E-state index in [1.165, 1.54) is 0 Å². The second-order valence-corrected chi connectivity index (χ2v) is 7.72. The van der Waals surface area contributed by atoms with Gasteiger partial charge in [0.05, 0.1) is 11.5 Å². The number of carbonyl (C=O) groups is 1. The lowest BCUT2D eigenvalue weighted by Crippen LogP contribution is -2.43. The van der Waals surface area contributed by atoms with E-state index in [0.29, 0.717) is 0 Å². The van der Waals surface area contributed by atoms with E-state index in [1.807, 2.05) is 30.3 Å². The quantitative estimate of drug-likeness (QED) is 0.684. The van der Waals surface area contributed by atoms with E-state index in [4.69, 9.17) is 4.74 Å². The number of aryl methyl sites for hydroxylation is 1. The van der Waals surface area contributed by atoms with Crippen molar-refractivity contribution in [1.29, 1.82) is 0 Å². The molecule has 2 rings (SSSR count). The maximum absolute atomic E-state index is 12.7. The van der Waals surface area contributed by atoms with Crippen LogP contribution in [0.5, 0.6) is 0 Å². The fourth-order valence-corrected chi connectivity index (χ4v) is 3.83. The van der Waals surface area contributed by atoms with Crippen molar-refractivity contribution >= 4 is 16.0 Å². The Morgan fingerprint density at radius 3 is 2.23 bits per heavy atom. The van der Waals surface area contributed by atoms with Crippen molar-refractivity contribution < 1.29 is 17.9 Å². The maximum atomic E-state index is 12.7. The Labute approximate surface area is 155 Å². The van der Waals surface area contributed by atoms with Crippen molar-refractivity contribution in [2.75, 3.05) is 6.61 Å². The summed E-state index contributed by atoms with van der Waals surface area (Å²) >= 11 is 0. The highest BCUT2D eigenvalue weighted by molar-refractivity contribution is 7.89. The molecular weight excluding hydrogens is 350 g/mol. The third-order valence-corrected chi connectivity index (χ3v) is 5.41. The number of sulfonamides is 1. The number of carbonyl (C=O) groups excluding carboxylic acids is 1. The zero-order chi connectivity index (χ0) is 19.0. The monoisotopic (exact) mass is 375 g/mol. The van der Waals surface area contributed by atoms with Gasteiger partial charge in [0.15, 0.2) is 0 Å². The minimum atomic E-state index is -3.83. The Morgan fingerprint density at radius 2 is 1.65 bits per heavy atom. The molecule has 0 aliphatic rings. The minimum Gasteiger partial charge on any atom is -0.465 e. The van der Waals surface area contributed by atoms with E-state index in [1.54, 1.807) is 31.2 Å². The lowest BCUT2D eigenvalue weighted by molar-refractivity contribution is -0.145. The maximum Gasteiger partial charge on any atom is 0.324 e. The Balaban J connectivity index is 2.20. The first-order valence-electron chi connectivity index (χ1n) is 8.78. The molecule has 2 aromatic carbocycles. The van der Waals surface area contributed by atoms with Crippen molar-refractivity contribution in [1.82, 2.24) is 4.72 Å². The molecule has 0 bridgehead atoms. The number of ether oxygens (including phenoxy) is 1. The molecule has 0 aliphatic carbocycles. The van der Waals surface area contributed by atoms with Gasteiger partial charge in [-0.05, 0) is 43.0 Å². The highest BCUT2D eigenvalue weighted by atomic mass is 32.2. The van der Waals surface area contributed by atoms with Crippen molar-refractivity contribution in [3.05, 3.63) is 65.7 Å². The van der Waals surface area contributed by atoms with Crippen LogP contribution in [0.25, 0.3) is 0 Å². The van der Waals surface area contributed by atoms with Crippen LogP contribution in [0.2, 0.25) is 0 Å². The number of esters is 1. The van der Waals surface area contributed by atoms with Crippen LogP contribution in [0.3, 0.4) is 0 Å². The van der Waals surface area contributed by atoms with Crippen LogP contribution in [-0.4, -0.2) is 27.0 Å². The van der Waals surface area contributed by atoms with E-state index < -0.39 is 22.0 Å². The van der Waals surface area contributed by atoms with Crippen LogP contribution in [0.1, 0.15) is 31.4 Å². The van der Waals surface area contributed by atoms with Gasteiger partial charge in [-0.25, -0.2) is 8.42 Å². The topological polar surface area (TPSA) is 72.5 Å². The van der Waals surface area contributed by atoms with E-state index in [2.05, 4.69) is 11.6 Å². The van der Waals surface area contributed by atoms with Gasteiger partial charge < -0.3 is 4.74 Å². The summed E-state index contributed by atoms with van der Waals surface area (Å²) in [6.45, 7) is 3.95. The molecule has 0 spiro atoms. The van der Waals surface area contributed by atoms with Gasteiger partial charge in [-0.15, -0.1) is 0 Å². The molecule has 2 aromatic rings. The van der Waals surface area contributed by atoms with E-state index >= 15 is 0 Å². The van der Waals surface area contributed by atoms with Gasteiger partial charge in [-0.1, -0.05) is 55.8 Å². The van der Waals surface area contributed by atoms with Crippen LogP contribution in [0.4, 0.5) is 0 Å². The lowest BCUT2D eigenvalue weighted by Gasteiger charge is -2.17. The molecule has 5 nitrogen and oxygen atoms in total. The van der Waals surface area contributed by atoms with Gasteiger partial charge >= 0.3 is 5.97 Å². The predicted molar refractivity (Wildman–Crippen MR) is 101 cm³/mol. The molecule has 0 saturated carbocycles. The number of rotatable bonds is 9. The van der Waals surface area contributed by atoms with Gasteiger partial charge in [0.2, 0.25) is 10.0 Å². The van der Waals surface area contributed by atoms with E-state index in [-0.39, 0.29) is 17.9 Å². The average Bonchev–Trinajstić information content (AvgIpc) is 2.63. The average molecular weight is 375 g/mol. The Hall–Kier alpha value is -2.18. The summed E-state index contributed by atoms with van der Waals surface area (Å²) in [4.78, 5) is 12.4. The molecule has 26 heavy (non-hydrogen) atoms. The fraction of sp³-hybridized carbons (Fsp3) is 0.350. The van der Waals surface area contributed by atoms with Crippen LogP contribution >= 0.6 is 0 Å². The molecule has 1 N–H and O–H groups in total. The predicted octanol–water partition coefficient (Wildman–Crippen LogP) is 3.09. The third kappa shape index (κ3) is 5.68. The first-order valence-corrected chi connectivity index (χ1v) is 10.3. The van der Waals surface area contributed by atoms with Gasteiger partial charge in [0, 0.05) is 0 Å². The smallest absolute Gasteiger partial charge is 0.324 e. The van der Waals surface area contributed by atoms with Crippen molar-refractivity contribution in [2.24, 2.45) is 0 Å². The molecule has 6 heteroatoms. The summed E-state index contributed by atoms with van der Waals surface area (Å²) in [5.41, 5.74) is 1.93. The summed E-state index contributed by atoms with van der Waals surface area (Å²) in [5.74, 6) is -0.581. The minimum absolute atomic E-state index is 0.139. The molecular formula is C20H25NO4S. The fourth-order valence-electron chi connectivity index (χ4n) is 2.65. The van der Waals surface area contributed by atoms with Gasteiger partial charge in [0.25, 0.3) is 0 Å². The molecule has 0 aromatic heterocycles. The molecule has 1 atom stereocenters. The highest BCUT2D eigenvalue weighted by Gasteiger charge is 2.27. The first-order chi connectivity index (χ1) is 12.5. The molecule has 0 aliphatic heterocycles. The van der Waals surface area contributed by atoms with E-state index in [0.717, 1.165) is 24.0 Å². The van der Waals surface area contributed by atoms with Crippen molar-refractivity contribution in [3.8, 4) is 0 Å². The Bertz CT molecular complexity index is 801. The summed E-state index contributed by atoms with van der Waals surface area (Å²) < 4.78 is 32.9. The van der Waals surface area contributed by atoms with Crippen LogP contribution < -0.4 is 4.72 Å². The summed E-state index contributed by atoms with van der Waals surface area (Å²) in [6.07, 6.45) is 2.12. The number of nitrogens with one attached hydrogen (secondary N) is 1. The largest absolute Gasteiger partial charge is 0.465 e. The standard InChI is InChI=1S/C20H25NO4S/c1-3-8-16-11-13-18(14-12-16)26(23,24)21-19(20(22)25-4-2)15-17-9-6-5-7-10-17/h5-7,9-14,19,21H,3-4,8,15H2,1-2H3. The molecule has 0 radical (unpaired) electrons. The normalized spacial score (nSPS) is 12.5. The zero-order valence-corrected chi connectivity index (χ0v) is 16.0. The van der Waals surface area contributed by atoms with Crippen molar-refractivity contribution in [2.45, 2.75) is 44.0 Å². The second-order valence-electron chi connectivity index (χ2n) is 6.01. The SMILES string of the molecule is CCCc1ccc(S(=O)(=O)NC(Cc2ccccc2)C(=O)OCC)cc1. The molecule has 140 valence electrons. The highest BCUT2D eigenvalue weighted by Crippen LogP contribution is 2.14. The van der Waals surface area contributed by atoms with E-state index in [9.17, 15) is 13.2 Å². The molecule has 0 heterocycles. The second kappa shape index (κ2) is 9.50. The van der Waals surface area contributed by atoms with Gasteiger partial charge in [-0.3, -0.25) is 4.79 Å². The molecule has 0 amide bonds. The van der Waals surface area contributed by atoms with Crippen LogP contribution in [-0.2, 0) is 32.4 Å². The number of hydrogen-bond acceptors (Lipinski definition) is 4. The van der Waals surface area contributed by atoms with Gasteiger partial charge in [0.1, 0.15) is 6.04 Å². The van der Waals surface area contributed by atoms with Gasteiger partial charge in [-0.2, -0.15) is 4.72 Å². The molecule has 0 fully saturated rings. The summed E-state index contributed by atoms with van der Waals surface area (Å²) in [7, 11) is -3.83. The Morgan fingerprint density at radius 1 is 1.00 bits per heavy atom. The molecule has 1 unspecified atom stereocenters. The zero-order valence-electron chi connectivity index (χ0n) is 15.1. The van der Waals surface area contributed by atoms with Crippen LogP contribution in [0, 0.1) is 0 Å². The summed E-state index contributed by atoms with van der Waals surface area (Å²) in [5, 5.41) is 0. The Kier molecular flexibility index (Phi) is 7.36. The lowest BCUT2D eigenvalue weighted by atomic mass is 10.1. The number of benzene rings is 2.